The van der Waals surface area contributed by atoms with Crippen molar-refractivity contribution in [1.29, 1.82) is 0 Å². The SMILES string of the molecule is CCNC(=O)Nc1ccc(S(=O)(=O)c2ccc(Br)cc2)cc1. The Balaban J connectivity index is 2.22. The van der Waals surface area contributed by atoms with E-state index in [0.29, 0.717) is 12.2 Å². The van der Waals surface area contributed by atoms with E-state index in [9.17, 15) is 13.2 Å². The van der Waals surface area contributed by atoms with E-state index in [2.05, 4.69) is 26.6 Å². The third-order valence-corrected chi connectivity index (χ3v) is 5.20. The monoisotopic (exact) mass is 382 g/mol. The van der Waals surface area contributed by atoms with Crippen molar-refractivity contribution in [2.45, 2.75) is 16.7 Å². The lowest BCUT2D eigenvalue weighted by molar-refractivity contribution is 0.252. The minimum absolute atomic E-state index is 0.177. The molecular weight excluding hydrogens is 368 g/mol. The zero-order valence-corrected chi connectivity index (χ0v) is 14.2. The van der Waals surface area contributed by atoms with Crippen molar-refractivity contribution in [3.63, 3.8) is 0 Å². The van der Waals surface area contributed by atoms with Crippen LogP contribution >= 0.6 is 15.9 Å². The molecule has 0 saturated heterocycles. The quantitative estimate of drug-likeness (QED) is 0.850. The molecule has 2 rings (SSSR count). The Labute approximate surface area is 137 Å². The summed E-state index contributed by atoms with van der Waals surface area (Å²) >= 11 is 3.27. The summed E-state index contributed by atoms with van der Waals surface area (Å²) in [6.45, 7) is 2.33. The molecule has 0 aliphatic carbocycles. The van der Waals surface area contributed by atoms with Crippen LogP contribution in [0, 0.1) is 0 Å². The van der Waals surface area contributed by atoms with E-state index in [-0.39, 0.29) is 15.8 Å². The molecule has 0 aliphatic heterocycles. The first-order valence-corrected chi connectivity index (χ1v) is 8.86. The van der Waals surface area contributed by atoms with Gasteiger partial charge in [-0.3, -0.25) is 0 Å². The summed E-state index contributed by atoms with van der Waals surface area (Å²) in [5, 5.41) is 5.21. The van der Waals surface area contributed by atoms with Crippen LogP contribution in [0.3, 0.4) is 0 Å². The van der Waals surface area contributed by atoms with Crippen LogP contribution in [-0.4, -0.2) is 21.0 Å². The van der Waals surface area contributed by atoms with E-state index in [4.69, 9.17) is 0 Å². The smallest absolute Gasteiger partial charge is 0.319 e. The molecule has 0 heterocycles. The van der Waals surface area contributed by atoms with Crippen LogP contribution in [0.1, 0.15) is 6.92 Å². The molecule has 0 bridgehead atoms. The van der Waals surface area contributed by atoms with Crippen molar-refractivity contribution in [3.8, 4) is 0 Å². The maximum Gasteiger partial charge on any atom is 0.319 e. The van der Waals surface area contributed by atoms with Crippen LogP contribution in [0.5, 0.6) is 0 Å². The van der Waals surface area contributed by atoms with Gasteiger partial charge in [-0.05, 0) is 55.5 Å². The van der Waals surface area contributed by atoms with Gasteiger partial charge in [-0.2, -0.15) is 0 Å². The first-order chi connectivity index (χ1) is 10.4. The Kier molecular flexibility index (Phi) is 5.20. The Bertz CT molecular complexity index is 756. The molecule has 22 heavy (non-hydrogen) atoms. The van der Waals surface area contributed by atoms with Gasteiger partial charge in [0.1, 0.15) is 0 Å². The molecule has 0 spiro atoms. The van der Waals surface area contributed by atoms with E-state index in [1.165, 1.54) is 12.1 Å². The highest BCUT2D eigenvalue weighted by molar-refractivity contribution is 9.10. The molecule has 116 valence electrons. The molecule has 0 fully saturated rings. The highest BCUT2D eigenvalue weighted by atomic mass is 79.9. The summed E-state index contributed by atoms with van der Waals surface area (Å²) in [5.74, 6) is 0. The van der Waals surface area contributed by atoms with Gasteiger partial charge in [-0.15, -0.1) is 0 Å². The topological polar surface area (TPSA) is 75.3 Å². The third-order valence-electron chi connectivity index (χ3n) is 2.88. The number of carbonyl (C=O) groups is 1. The molecule has 0 aromatic heterocycles. The average molecular weight is 383 g/mol. The Morgan fingerprint density at radius 2 is 1.50 bits per heavy atom. The highest BCUT2D eigenvalue weighted by Crippen LogP contribution is 2.23. The number of carbonyl (C=O) groups excluding carboxylic acids is 1. The number of urea groups is 1. The third kappa shape index (κ3) is 3.86. The predicted octanol–water partition coefficient (Wildman–Crippen LogP) is 3.42. The normalized spacial score (nSPS) is 11.0. The average Bonchev–Trinajstić information content (AvgIpc) is 2.48. The number of sulfone groups is 1. The maximum atomic E-state index is 12.5. The van der Waals surface area contributed by atoms with E-state index >= 15 is 0 Å². The van der Waals surface area contributed by atoms with Gasteiger partial charge in [0.15, 0.2) is 0 Å². The second-order valence-electron chi connectivity index (χ2n) is 4.47. The number of amides is 2. The van der Waals surface area contributed by atoms with Crippen molar-refractivity contribution in [2.75, 3.05) is 11.9 Å². The van der Waals surface area contributed by atoms with Gasteiger partial charge in [-0.25, -0.2) is 13.2 Å². The summed E-state index contributed by atoms with van der Waals surface area (Å²) in [6, 6.07) is 12.2. The van der Waals surface area contributed by atoms with Gasteiger partial charge < -0.3 is 10.6 Å². The molecule has 0 saturated carbocycles. The molecule has 0 radical (unpaired) electrons. The second-order valence-corrected chi connectivity index (χ2v) is 7.33. The number of benzene rings is 2. The molecule has 5 nitrogen and oxygen atoms in total. The molecule has 0 aliphatic rings. The number of hydrogen-bond acceptors (Lipinski definition) is 3. The van der Waals surface area contributed by atoms with E-state index < -0.39 is 9.84 Å². The molecule has 0 unspecified atom stereocenters. The molecular formula is C15H15BrN2O3S. The minimum Gasteiger partial charge on any atom is -0.338 e. The fraction of sp³-hybridized carbons (Fsp3) is 0.133. The van der Waals surface area contributed by atoms with E-state index in [1.54, 1.807) is 36.4 Å². The zero-order valence-electron chi connectivity index (χ0n) is 11.8. The van der Waals surface area contributed by atoms with Gasteiger partial charge in [0.2, 0.25) is 9.84 Å². The van der Waals surface area contributed by atoms with Crippen molar-refractivity contribution in [2.24, 2.45) is 0 Å². The lowest BCUT2D eigenvalue weighted by Crippen LogP contribution is -2.28. The van der Waals surface area contributed by atoms with Gasteiger partial charge >= 0.3 is 6.03 Å². The zero-order chi connectivity index (χ0) is 16.2. The van der Waals surface area contributed by atoms with Crippen molar-refractivity contribution in [3.05, 3.63) is 53.0 Å². The Hall–Kier alpha value is -1.86. The summed E-state index contributed by atoms with van der Waals surface area (Å²) in [6.07, 6.45) is 0. The lowest BCUT2D eigenvalue weighted by atomic mass is 10.3. The molecule has 7 heteroatoms. The van der Waals surface area contributed by atoms with Gasteiger partial charge in [0, 0.05) is 16.7 Å². The van der Waals surface area contributed by atoms with Crippen molar-refractivity contribution < 1.29 is 13.2 Å². The van der Waals surface area contributed by atoms with Gasteiger partial charge in [-0.1, -0.05) is 15.9 Å². The van der Waals surface area contributed by atoms with Gasteiger partial charge in [0.05, 0.1) is 9.79 Å². The van der Waals surface area contributed by atoms with Crippen molar-refractivity contribution >= 4 is 37.5 Å². The fourth-order valence-electron chi connectivity index (χ4n) is 1.80. The van der Waals surface area contributed by atoms with E-state index in [0.717, 1.165) is 4.47 Å². The van der Waals surface area contributed by atoms with E-state index in [1.807, 2.05) is 6.92 Å². The lowest BCUT2D eigenvalue weighted by Gasteiger charge is -2.08. The number of nitrogens with one attached hydrogen (secondary N) is 2. The Morgan fingerprint density at radius 1 is 1.00 bits per heavy atom. The highest BCUT2D eigenvalue weighted by Gasteiger charge is 2.17. The first kappa shape index (κ1) is 16.5. The van der Waals surface area contributed by atoms with Crippen LogP contribution in [0.2, 0.25) is 0 Å². The number of rotatable bonds is 4. The van der Waals surface area contributed by atoms with Crippen molar-refractivity contribution in [1.82, 2.24) is 5.32 Å². The maximum absolute atomic E-state index is 12.5. The summed E-state index contributed by atoms with van der Waals surface area (Å²) in [4.78, 5) is 11.8. The molecule has 2 amide bonds. The first-order valence-electron chi connectivity index (χ1n) is 6.59. The summed E-state index contributed by atoms with van der Waals surface area (Å²) < 4.78 is 25.7. The number of anilines is 1. The molecule has 0 atom stereocenters. The molecule has 2 aromatic rings. The van der Waals surface area contributed by atoms with Crippen LogP contribution in [0.4, 0.5) is 10.5 Å². The predicted molar refractivity (Wildman–Crippen MR) is 88.7 cm³/mol. The summed E-state index contributed by atoms with van der Waals surface area (Å²) in [5.41, 5.74) is 0.528. The number of halogens is 1. The molecule has 2 aromatic carbocycles. The largest absolute Gasteiger partial charge is 0.338 e. The van der Waals surface area contributed by atoms with Crippen LogP contribution < -0.4 is 10.6 Å². The van der Waals surface area contributed by atoms with Crippen LogP contribution in [0.15, 0.2) is 62.8 Å². The fourth-order valence-corrected chi connectivity index (χ4v) is 3.33. The van der Waals surface area contributed by atoms with Gasteiger partial charge in [0.25, 0.3) is 0 Å². The number of hydrogen-bond donors (Lipinski definition) is 2. The summed E-state index contributed by atoms with van der Waals surface area (Å²) in [7, 11) is -3.56. The van der Waals surface area contributed by atoms with Crippen LogP contribution in [0.25, 0.3) is 0 Å². The standard InChI is InChI=1S/C15H15BrN2O3S/c1-2-17-15(19)18-12-5-9-14(10-6-12)22(20,21)13-7-3-11(16)4-8-13/h3-10H,2H2,1H3,(H2,17,18,19). The van der Waals surface area contributed by atoms with Crippen LogP contribution in [-0.2, 0) is 9.84 Å². The molecule has 2 N–H and O–H groups in total. The second kappa shape index (κ2) is 6.93. The Morgan fingerprint density at radius 3 is 2.00 bits per heavy atom. The minimum atomic E-state index is -3.56.